The number of hydrogen-bond donors (Lipinski definition) is 0. The van der Waals surface area contributed by atoms with Gasteiger partial charge in [-0.15, -0.1) is 6.58 Å². The molecule has 0 radical (unpaired) electrons. The van der Waals surface area contributed by atoms with Crippen LogP contribution in [0.1, 0.15) is 46.0 Å². The van der Waals surface area contributed by atoms with E-state index < -0.39 is 34.0 Å². The number of epoxide rings is 2. The first kappa shape index (κ1) is 42.2. The molecule has 2 aliphatic rings. The zero-order chi connectivity index (χ0) is 29.1. The largest absolute Gasteiger partial charge is 0.458 e. The molecule has 0 spiro atoms. The Morgan fingerprint density at radius 3 is 1.49 bits per heavy atom. The van der Waals surface area contributed by atoms with Gasteiger partial charge in [-0.3, -0.25) is 0 Å². The van der Waals surface area contributed by atoms with Crippen LogP contribution >= 0.6 is 0 Å². The van der Waals surface area contributed by atoms with Crippen molar-refractivity contribution in [3.05, 3.63) is 12.7 Å². The molecule has 39 heavy (non-hydrogen) atoms. The number of rotatable bonds is 20. The van der Waals surface area contributed by atoms with Gasteiger partial charge in [0.15, 0.2) is 34.0 Å². The zero-order valence-electron chi connectivity index (χ0n) is 27.2. The normalized spacial score (nSPS) is 18.3. The van der Waals surface area contributed by atoms with Crippen LogP contribution in [0.15, 0.2) is 12.7 Å². The van der Waals surface area contributed by atoms with Crippen LogP contribution in [0.3, 0.4) is 0 Å². The minimum Gasteiger partial charge on any atom is -0.458 e. The van der Waals surface area contributed by atoms with Crippen LogP contribution < -0.4 is 0 Å². The molecule has 238 valence electrons. The summed E-state index contributed by atoms with van der Waals surface area (Å²) in [5, 5.41) is 0. The molecule has 2 rings (SSSR count). The smallest absolute Gasteiger partial charge is 0.173 e. The Morgan fingerprint density at radius 2 is 1.15 bits per heavy atom. The first-order valence-corrected chi connectivity index (χ1v) is 27.3. The summed E-state index contributed by atoms with van der Waals surface area (Å²) >= 11 is 0. The van der Waals surface area contributed by atoms with Gasteiger partial charge in [0.05, 0.1) is 26.4 Å². The van der Waals surface area contributed by atoms with Crippen molar-refractivity contribution < 1.29 is 48.2 Å². The van der Waals surface area contributed by atoms with Crippen LogP contribution in [0.5, 0.6) is 0 Å². The molecule has 2 unspecified atom stereocenters. The third-order valence-corrected chi connectivity index (χ3v) is 19.6. The molecule has 2 heterocycles. The van der Waals surface area contributed by atoms with Gasteiger partial charge in [0.1, 0.15) is 12.2 Å². The van der Waals surface area contributed by atoms with E-state index in [0.717, 1.165) is 58.9 Å². The predicted molar refractivity (Wildman–Crippen MR) is 174 cm³/mol. The fraction of sp³-hybridized carbons (Fsp3) is 0.929. The molecule has 6 nitrogen and oxygen atoms in total. The maximum absolute atomic E-state index is 6.56. The number of allylic oxidation sites excluding steroid dienone is 1. The molecule has 2 saturated heterocycles. The average molecular weight is 804 g/mol. The first-order chi connectivity index (χ1) is 17.8. The Labute approximate surface area is 262 Å². The molecule has 0 amide bonds. The fourth-order valence-corrected chi connectivity index (χ4v) is 19.7. The van der Waals surface area contributed by atoms with Gasteiger partial charge < -0.3 is 27.2 Å². The van der Waals surface area contributed by atoms with E-state index in [9.17, 15) is 0 Å². The average Bonchev–Trinajstić information content (AvgIpc) is 3.72. The summed E-state index contributed by atoms with van der Waals surface area (Å²) < 4.78 is 33.9. The maximum atomic E-state index is 6.56. The molecule has 0 aromatic carbocycles. The standard InChI is InChI=1S/C14H32O3Si2.C10H24O3Si2.C4H8.Pt/c1-6-7-10-18(2,3)17-19(4,5)11-8-9-15-12-14-13-16-14;1-14(2)13-15(3,4)7-5-6-11-8-10-9-12-10;1-3-4-2;/h14H,6-13H2,1-5H3;10,14H,5-9H2,1-4H3;3H,1,4H2,2H3;. The first-order valence-electron chi connectivity index (χ1n) is 15.1. The van der Waals surface area contributed by atoms with Crippen molar-refractivity contribution in [1.29, 1.82) is 0 Å². The molecule has 2 atom stereocenters. The van der Waals surface area contributed by atoms with E-state index >= 15 is 0 Å². The topological polar surface area (TPSA) is 62.0 Å². The van der Waals surface area contributed by atoms with Gasteiger partial charge >= 0.3 is 0 Å². The molecule has 2 aliphatic heterocycles. The van der Waals surface area contributed by atoms with Crippen LogP contribution in [-0.2, 0) is 48.2 Å². The van der Waals surface area contributed by atoms with E-state index in [1.807, 2.05) is 6.08 Å². The molecule has 2 fully saturated rings. The second kappa shape index (κ2) is 23.5. The Hall–Kier alpha value is 1.06. The van der Waals surface area contributed by atoms with Gasteiger partial charge in [0.25, 0.3) is 0 Å². The van der Waals surface area contributed by atoms with E-state index in [-0.39, 0.29) is 21.1 Å². The third-order valence-electron chi connectivity index (χ3n) is 6.08. The molecular formula is C28H64O6PtSi4. The number of ether oxygens (including phenoxy) is 4. The van der Waals surface area contributed by atoms with Crippen molar-refractivity contribution in [2.75, 3.05) is 39.6 Å². The minimum absolute atomic E-state index is 0. The summed E-state index contributed by atoms with van der Waals surface area (Å²) in [6.45, 7) is 31.4. The third kappa shape index (κ3) is 30.3. The summed E-state index contributed by atoms with van der Waals surface area (Å²) in [4.78, 5) is 0. The monoisotopic (exact) mass is 803 g/mol. The van der Waals surface area contributed by atoms with Crippen LogP contribution in [0.2, 0.25) is 70.5 Å². The molecule has 0 N–H and O–H groups in total. The van der Waals surface area contributed by atoms with Crippen LogP contribution in [0.4, 0.5) is 0 Å². The van der Waals surface area contributed by atoms with E-state index in [1.54, 1.807) is 0 Å². The predicted octanol–water partition coefficient (Wildman–Crippen LogP) is 7.60. The van der Waals surface area contributed by atoms with Gasteiger partial charge in [0, 0.05) is 34.3 Å². The van der Waals surface area contributed by atoms with Crippen molar-refractivity contribution in [2.24, 2.45) is 0 Å². The summed E-state index contributed by atoms with van der Waals surface area (Å²) in [6, 6.07) is 3.72. The van der Waals surface area contributed by atoms with Crippen LogP contribution in [0, 0.1) is 0 Å². The number of hydrogen-bond acceptors (Lipinski definition) is 6. The summed E-state index contributed by atoms with van der Waals surface area (Å²) in [5.74, 6) is 0. The van der Waals surface area contributed by atoms with E-state index in [2.05, 4.69) is 72.8 Å². The van der Waals surface area contributed by atoms with Gasteiger partial charge in [-0.2, -0.15) is 0 Å². The second-order valence-corrected chi connectivity index (χ2v) is 28.5. The maximum Gasteiger partial charge on any atom is 0.173 e. The quantitative estimate of drug-likeness (QED) is 0.0548. The summed E-state index contributed by atoms with van der Waals surface area (Å²) in [6.07, 6.45) is 8.60. The van der Waals surface area contributed by atoms with Gasteiger partial charge in [-0.05, 0) is 89.8 Å². The SMILES string of the molecule is C=CCC.CCCC[Si](C)(C)O[Si](C)(C)CCCOCC1CO1.C[SiH](C)O[Si](C)(C)CCCOCC1CO1.[Pt]. The Kier molecular flexibility index (Phi) is 25.4. The molecular weight excluding hydrogens is 740 g/mol. The van der Waals surface area contributed by atoms with Gasteiger partial charge in [-0.25, -0.2) is 0 Å². The van der Waals surface area contributed by atoms with Crippen LogP contribution in [0.25, 0.3) is 0 Å². The Morgan fingerprint density at radius 1 is 0.769 bits per heavy atom. The van der Waals surface area contributed by atoms with E-state index in [1.165, 1.54) is 31.0 Å². The zero-order valence-corrected chi connectivity index (χ0v) is 33.6. The Balaban J connectivity index is 0. The van der Waals surface area contributed by atoms with Crippen molar-refractivity contribution in [2.45, 2.75) is 129 Å². The van der Waals surface area contributed by atoms with E-state index in [0.29, 0.717) is 12.2 Å². The van der Waals surface area contributed by atoms with Crippen molar-refractivity contribution in [3.63, 3.8) is 0 Å². The van der Waals surface area contributed by atoms with Gasteiger partial charge in [-0.1, -0.05) is 32.8 Å². The van der Waals surface area contributed by atoms with Crippen molar-refractivity contribution >= 4 is 34.0 Å². The molecule has 0 bridgehead atoms. The minimum atomic E-state index is -1.50. The Bertz CT molecular complexity index is 588. The molecule has 0 saturated carbocycles. The van der Waals surface area contributed by atoms with Crippen molar-refractivity contribution in [1.82, 2.24) is 0 Å². The second-order valence-electron chi connectivity index (χ2n) is 12.6. The summed E-state index contributed by atoms with van der Waals surface area (Å²) in [5.41, 5.74) is 0. The van der Waals surface area contributed by atoms with E-state index in [4.69, 9.17) is 27.2 Å². The number of unbranched alkanes of at least 4 members (excludes halogenated alkanes) is 1. The molecule has 0 aromatic heterocycles. The fourth-order valence-electron chi connectivity index (χ4n) is 4.11. The molecule has 11 heteroatoms. The van der Waals surface area contributed by atoms with Crippen LogP contribution in [-0.4, -0.2) is 85.8 Å². The molecule has 0 aromatic rings. The molecule has 0 aliphatic carbocycles. The van der Waals surface area contributed by atoms with Crippen molar-refractivity contribution in [3.8, 4) is 0 Å². The summed E-state index contributed by atoms with van der Waals surface area (Å²) in [7, 11) is -5.17. The van der Waals surface area contributed by atoms with Gasteiger partial charge in [0.2, 0.25) is 0 Å².